The second kappa shape index (κ2) is 41.5. The first-order chi connectivity index (χ1) is 30.7. The lowest BCUT2D eigenvalue weighted by atomic mass is 10.1. The zero-order chi connectivity index (χ0) is 47.6. The maximum atomic E-state index is 12.7. The van der Waals surface area contributed by atoms with Crippen LogP contribution in [-0.2, 0) is 32.7 Å². The summed E-state index contributed by atoms with van der Waals surface area (Å²) >= 11 is 0. The molecule has 64 heavy (non-hydrogen) atoms. The number of phosphoric acid groups is 1. The van der Waals surface area contributed by atoms with E-state index in [2.05, 4.69) is 50.3 Å². The molecule has 0 radical (unpaired) electrons. The summed E-state index contributed by atoms with van der Waals surface area (Å²) < 4.78 is 34.1. The van der Waals surface area contributed by atoms with Gasteiger partial charge in [-0.3, -0.25) is 18.6 Å². The molecule has 0 rings (SSSR count). The topological polar surface area (TPSA) is 169 Å². The van der Waals surface area contributed by atoms with Crippen molar-refractivity contribution in [2.24, 2.45) is 0 Å². The molecule has 0 heterocycles. The number of esters is 2. The number of phosphoric ester groups is 1. The average molecular weight is 923 g/mol. The van der Waals surface area contributed by atoms with E-state index in [0.717, 1.165) is 77.0 Å². The fourth-order valence-corrected chi connectivity index (χ4v) is 6.79. The molecule has 0 aliphatic rings. The first-order valence-electron chi connectivity index (χ1n) is 24.1. The molecule has 0 saturated heterocycles. The number of unbranched alkanes of at least 4 members (excludes halogenated alkanes) is 12. The molecule has 4 N–H and O–H groups in total. The van der Waals surface area contributed by atoms with Crippen molar-refractivity contribution >= 4 is 19.8 Å². The number of carbonyl (C=O) groups excluding carboxylic acids is 2. The standard InChI is InChI=1S/C51H88NO11P/c1-6-8-10-11-12-13-14-15-16-17-18-19-20-21-22-23-24-25-30-34-40-51(57)63-47(45-62-64(58,59)61-43-42-52(3,4)5)44-60-50(56)41-35-39-49(55)48(54)38-33-29-27-26-28-32-37-46(53)36-31-9-7-2/h13-14,16-17,19-20,26-29,32-33,37-38,46-49,53-55H,6-12,15,18,21-25,30-31,34-36,39-45H2,1-5H3/p+1/b14-13-,17-16-,20-19-,28-26-,29-27+,37-32+,38-33+/t46-,47-,48-,49-/m1/s1. The van der Waals surface area contributed by atoms with Gasteiger partial charge in [0.15, 0.2) is 6.10 Å². The molecular weight excluding hydrogens is 834 g/mol. The highest BCUT2D eigenvalue weighted by molar-refractivity contribution is 7.47. The van der Waals surface area contributed by atoms with Crippen molar-refractivity contribution < 1.29 is 57.4 Å². The third kappa shape index (κ3) is 43.0. The predicted molar refractivity (Wildman–Crippen MR) is 260 cm³/mol. The third-order valence-electron chi connectivity index (χ3n) is 10.0. The normalized spacial score (nSPS) is 15.7. The quantitative estimate of drug-likeness (QED) is 0.0115. The van der Waals surface area contributed by atoms with Crippen LogP contribution < -0.4 is 0 Å². The van der Waals surface area contributed by atoms with Crippen LogP contribution in [0, 0.1) is 0 Å². The van der Waals surface area contributed by atoms with E-state index in [0.29, 0.717) is 17.4 Å². The number of likely N-dealkylation sites (N-methyl/N-ethyl adjacent to an activating group) is 1. The van der Waals surface area contributed by atoms with Crippen LogP contribution in [0.5, 0.6) is 0 Å². The Kier molecular flexibility index (Phi) is 39.6. The molecule has 0 aliphatic carbocycles. The van der Waals surface area contributed by atoms with Gasteiger partial charge in [0.1, 0.15) is 19.8 Å². The Balaban J connectivity index is 4.64. The minimum absolute atomic E-state index is 0.0311. The molecule has 0 aromatic heterocycles. The van der Waals surface area contributed by atoms with Gasteiger partial charge in [-0.05, 0) is 64.2 Å². The van der Waals surface area contributed by atoms with E-state index >= 15 is 0 Å². The fourth-order valence-electron chi connectivity index (χ4n) is 6.05. The molecule has 368 valence electrons. The van der Waals surface area contributed by atoms with Crippen molar-refractivity contribution in [1.29, 1.82) is 0 Å². The molecular formula is C51H89NO11P+. The van der Waals surface area contributed by atoms with Crippen molar-refractivity contribution in [2.45, 2.75) is 180 Å². The zero-order valence-corrected chi connectivity index (χ0v) is 41.2. The molecule has 0 saturated carbocycles. The second-order valence-corrected chi connectivity index (χ2v) is 18.8. The van der Waals surface area contributed by atoms with Crippen LogP contribution in [0.3, 0.4) is 0 Å². The SMILES string of the molecule is CCCCCC/C=C\C/C=C\C/C=C\CCCCCCCCC(=O)O[C@H](COC(=O)CCC[C@@H](O)[C@H](O)/C=C/C=C/C=C\C=C\[C@H](O)CCCCC)COP(=O)(O)OCC[N+](C)(C)C. The highest BCUT2D eigenvalue weighted by Crippen LogP contribution is 2.43. The van der Waals surface area contributed by atoms with Crippen LogP contribution in [0.25, 0.3) is 0 Å². The molecule has 0 amide bonds. The molecule has 0 aromatic carbocycles. The number of allylic oxidation sites excluding steroid dienone is 12. The van der Waals surface area contributed by atoms with E-state index in [1.807, 2.05) is 21.1 Å². The number of aliphatic hydroxyl groups excluding tert-OH is 3. The summed E-state index contributed by atoms with van der Waals surface area (Å²) in [5.41, 5.74) is 0. The van der Waals surface area contributed by atoms with Gasteiger partial charge in [0, 0.05) is 12.8 Å². The lowest BCUT2D eigenvalue weighted by Gasteiger charge is -2.24. The Morgan fingerprint density at radius 2 is 1.12 bits per heavy atom. The Hall–Kier alpha value is -2.93. The van der Waals surface area contributed by atoms with Crippen LogP contribution in [0.4, 0.5) is 0 Å². The van der Waals surface area contributed by atoms with E-state index in [9.17, 15) is 34.4 Å². The number of quaternary nitrogens is 1. The fraction of sp³-hybridized carbons (Fsp3) is 0.686. The minimum Gasteiger partial charge on any atom is -0.462 e. The van der Waals surface area contributed by atoms with E-state index < -0.39 is 57.4 Å². The Labute approximate surface area is 388 Å². The summed E-state index contributed by atoms with van der Waals surface area (Å²) in [5.74, 6) is -1.15. The van der Waals surface area contributed by atoms with Crippen LogP contribution in [0.2, 0.25) is 0 Å². The van der Waals surface area contributed by atoms with Gasteiger partial charge < -0.3 is 34.2 Å². The van der Waals surface area contributed by atoms with Gasteiger partial charge >= 0.3 is 19.8 Å². The smallest absolute Gasteiger partial charge is 0.462 e. The monoisotopic (exact) mass is 923 g/mol. The van der Waals surface area contributed by atoms with Gasteiger partial charge in [-0.1, -0.05) is 163 Å². The van der Waals surface area contributed by atoms with Crippen LogP contribution in [0.15, 0.2) is 85.1 Å². The molecule has 0 bridgehead atoms. The van der Waals surface area contributed by atoms with Crippen LogP contribution in [-0.4, -0.2) is 109 Å². The Morgan fingerprint density at radius 1 is 0.594 bits per heavy atom. The van der Waals surface area contributed by atoms with Gasteiger partial charge in [-0.25, -0.2) is 4.57 Å². The van der Waals surface area contributed by atoms with Crippen molar-refractivity contribution in [3.05, 3.63) is 85.1 Å². The van der Waals surface area contributed by atoms with Gasteiger partial charge in [0.2, 0.25) is 0 Å². The molecule has 12 nitrogen and oxygen atoms in total. The molecule has 0 aromatic rings. The van der Waals surface area contributed by atoms with Gasteiger partial charge in [0.25, 0.3) is 0 Å². The predicted octanol–water partition coefficient (Wildman–Crippen LogP) is 10.9. The van der Waals surface area contributed by atoms with Crippen LogP contribution >= 0.6 is 7.82 Å². The number of hydrogen-bond acceptors (Lipinski definition) is 10. The summed E-state index contributed by atoms with van der Waals surface area (Å²) in [6, 6.07) is 0. The maximum absolute atomic E-state index is 12.7. The highest BCUT2D eigenvalue weighted by atomic mass is 31.2. The van der Waals surface area contributed by atoms with Crippen molar-refractivity contribution in [2.75, 3.05) is 47.5 Å². The number of rotatable bonds is 42. The summed E-state index contributed by atoms with van der Waals surface area (Å²) in [4.78, 5) is 35.5. The summed E-state index contributed by atoms with van der Waals surface area (Å²) in [5, 5.41) is 30.6. The number of nitrogens with zero attached hydrogens (tertiary/aromatic N) is 1. The molecule has 0 fully saturated rings. The molecule has 0 aliphatic heterocycles. The van der Waals surface area contributed by atoms with Gasteiger partial charge in [-0.15, -0.1) is 0 Å². The van der Waals surface area contributed by atoms with E-state index in [1.54, 1.807) is 42.5 Å². The number of hydrogen-bond donors (Lipinski definition) is 4. The van der Waals surface area contributed by atoms with Gasteiger partial charge in [-0.2, -0.15) is 0 Å². The highest BCUT2D eigenvalue weighted by Gasteiger charge is 2.27. The molecule has 5 atom stereocenters. The summed E-state index contributed by atoms with van der Waals surface area (Å²) in [6.45, 7) is 3.87. The Bertz CT molecular complexity index is 1420. The second-order valence-electron chi connectivity index (χ2n) is 17.4. The number of ether oxygens (including phenoxy) is 2. The van der Waals surface area contributed by atoms with E-state index in [-0.39, 0.29) is 32.3 Å². The maximum Gasteiger partial charge on any atom is 0.472 e. The Morgan fingerprint density at radius 3 is 1.75 bits per heavy atom. The first-order valence-corrected chi connectivity index (χ1v) is 25.6. The minimum atomic E-state index is -4.47. The number of aliphatic hydroxyl groups is 3. The summed E-state index contributed by atoms with van der Waals surface area (Å²) in [6.07, 6.45) is 42.8. The van der Waals surface area contributed by atoms with Crippen molar-refractivity contribution in [3.63, 3.8) is 0 Å². The van der Waals surface area contributed by atoms with E-state index in [1.165, 1.54) is 38.2 Å². The van der Waals surface area contributed by atoms with Gasteiger partial charge in [0.05, 0.1) is 46.1 Å². The molecule has 13 heteroatoms. The molecule has 0 spiro atoms. The summed E-state index contributed by atoms with van der Waals surface area (Å²) in [7, 11) is 1.26. The van der Waals surface area contributed by atoms with Crippen LogP contribution in [0.1, 0.15) is 155 Å². The zero-order valence-electron chi connectivity index (χ0n) is 40.3. The third-order valence-corrected chi connectivity index (χ3v) is 11.0. The lowest BCUT2D eigenvalue weighted by molar-refractivity contribution is -0.870. The van der Waals surface area contributed by atoms with E-state index in [4.69, 9.17) is 18.5 Å². The average Bonchev–Trinajstić information content (AvgIpc) is 3.24. The van der Waals surface area contributed by atoms with Crippen molar-refractivity contribution in [3.8, 4) is 0 Å². The largest absolute Gasteiger partial charge is 0.472 e. The van der Waals surface area contributed by atoms with Crippen molar-refractivity contribution in [1.82, 2.24) is 0 Å². The number of carbonyl (C=O) groups is 2. The molecule has 1 unspecified atom stereocenters. The lowest BCUT2D eigenvalue weighted by Crippen LogP contribution is -2.37. The first kappa shape index (κ1) is 61.1.